The summed E-state index contributed by atoms with van der Waals surface area (Å²) >= 11 is 12.3. The molecule has 4 aromatic carbocycles. The number of fused-ring (bicyclic) bond motifs is 2. The second kappa shape index (κ2) is 13.9. The first-order valence-corrected chi connectivity index (χ1v) is 16.9. The van der Waals surface area contributed by atoms with Gasteiger partial charge in [0.25, 0.3) is 11.8 Å². The van der Waals surface area contributed by atoms with Crippen LogP contribution in [0.3, 0.4) is 0 Å². The van der Waals surface area contributed by atoms with Gasteiger partial charge < -0.3 is 14.9 Å². The molecule has 6 nitrogen and oxygen atoms in total. The minimum atomic E-state index is -0.186. The van der Waals surface area contributed by atoms with Crippen LogP contribution in [0.5, 0.6) is 0 Å². The molecule has 0 bridgehead atoms. The molecule has 2 heterocycles. The lowest BCUT2D eigenvalue weighted by atomic mass is 9.84. The van der Waals surface area contributed by atoms with Crippen molar-refractivity contribution in [3.8, 4) is 0 Å². The Labute approximate surface area is 293 Å². The van der Waals surface area contributed by atoms with Crippen molar-refractivity contribution in [2.24, 2.45) is 0 Å². The van der Waals surface area contributed by atoms with Crippen LogP contribution in [0.4, 0.5) is 11.4 Å². The molecule has 8 heteroatoms. The molecule has 0 saturated carbocycles. The molecule has 1 N–H and O–H groups in total. The number of aliphatic hydroxyl groups excluding tert-OH is 1. The first kappa shape index (κ1) is 35.3. The van der Waals surface area contributed by atoms with E-state index >= 15 is 0 Å². The number of hydrogen-bond donors (Lipinski definition) is 1. The van der Waals surface area contributed by atoms with Gasteiger partial charge in [-0.3, -0.25) is 14.4 Å². The smallest absolute Gasteiger partial charge is 0.258 e. The van der Waals surface area contributed by atoms with Crippen LogP contribution in [-0.2, 0) is 30.3 Å². The molecule has 0 fully saturated rings. The summed E-state index contributed by atoms with van der Waals surface area (Å²) in [6.07, 6.45) is 2.27. The van der Waals surface area contributed by atoms with Gasteiger partial charge >= 0.3 is 0 Å². The van der Waals surface area contributed by atoms with E-state index in [2.05, 4.69) is 53.7 Å². The third kappa shape index (κ3) is 7.07. The van der Waals surface area contributed by atoms with Crippen molar-refractivity contribution in [3.63, 3.8) is 0 Å². The van der Waals surface area contributed by atoms with Crippen molar-refractivity contribution >= 4 is 52.7 Å². The number of aldehydes is 1. The number of benzene rings is 4. The summed E-state index contributed by atoms with van der Waals surface area (Å²) in [5.41, 5.74) is 8.40. The molecule has 0 atom stereocenters. The van der Waals surface area contributed by atoms with E-state index in [1.165, 1.54) is 11.1 Å². The molecule has 0 spiro atoms. The SMILES string of the molecule is CC(C)(C)c1ccc2c(c1)CCN(c1cccc(Cl)c1C=O)C2=O.CC(C)(C)c1ccc2c(c1)CCN(c1cccc(Cl)c1CO)C2=O. The van der Waals surface area contributed by atoms with Gasteiger partial charge in [-0.1, -0.05) is 101 Å². The Morgan fingerprint density at radius 1 is 0.688 bits per heavy atom. The van der Waals surface area contributed by atoms with Gasteiger partial charge in [0, 0.05) is 34.8 Å². The fourth-order valence-electron chi connectivity index (χ4n) is 6.20. The second-order valence-corrected chi connectivity index (χ2v) is 15.2. The zero-order valence-corrected chi connectivity index (χ0v) is 29.9. The third-order valence-electron chi connectivity index (χ3n) is 9.08. The van der Waals surface area contributed by atoms with Crippen LogP contribution in [0.15, 0.2) is 72.8 Å². The Hall–Kier alpha value is -3.97. The first-order chi connectivity index (χ1) is 22.6. The van der Waals surface area contributed by atoms with E-state index in [9.17, 15) is 19.5 Å². The Kier molecular flexibility index (Phi) is 10.2. The fourth-order valence-corrected chi connectivity index (χ4v) is 6.65. The average molecular weight is 686 g/mol. The number of halogens is 2. The van der Waals surface area contributed by atoms with Crippen molar-refractivity contribution in [2.45, 2.75) is 71.8 Å². The number of carbonyl (C=O) groups is 3. The summed E-state index contributed by atoms with van der Waals surface area (Å²) in [7, 11) is 0. The topological polar surface area (TPSA) is 77.9 Å². The van der Waals surface area contributed by atoms with Crippen LogP contribution >= 0.6 is 23.2 Å². The highest BCUT2D eigenvalue weighted by Crippen LogP contribution is 2.34. The summed E-state index contributed by atoms with van der Waals surface area (Å²) in [6.45, 7) is 13.9. The molecule has 2 amide bonds. The molecule has 4 aromatic rings. The maximum Gasteiger partial charge on any atom is 0.258 e. The molecule has 0 aliphatic carbocycles. The number of carbonyl (C=O) groups excluding carboxylic acids is 3. The van der Waals surface area contributed by atoms with E-state index in [0.29, 0.717) is 57.5 Å². The average Bonchev–Trinajstić information content (AvgIpc) is 3.04. The van der Waals surface area contributed by atoms with Crippen molar-refractivity contribution < 1.29 is 19.5 Å². The molecule has 2 aliphatic rings. The first-order valence-electron chi connectivity index (χ1n) is 16.2. The summed E-state index contributed by atoms with van der Waals surface area (Å²) in [5, 5.41) is 10.5. The predicted molar refractivity (Wildman–Crippen MR) is 195 cm³/mol. The van der Waals surface area contributed by atoms with Gasteiger partial charge in [0.15, 0.2) is 6.29 Å². The Bertz CT molecular complexity index is 1890. The van der Waals surface area contributed by atoms with Crippen LogP contribution in [0, 0.1) is 0 Å². The molecule has 0 unspecified atom stereocenters. The van der Waals surface area contributed by atoms with Gasteiger partial charge in [-0.05, 0) is 82.3 Å². The number of amides is 2. The molecular formula is C40H42Cl2N2O4. The van der Waals surface area contributed by atoms with Crippen LogP contribution in [-0.4, -0.2) is 36.3 Å². The van der Waals surface area contributed by atoms with Crippen LogP contribution < -0.4 is 9.80 Å². The molecule has 2 aliphatic heterocycles. The lowest BCUT2D eigenvalue weighted by molar-refractivity contribution is 0.0972. The van der Waals surface area contributed by atoms with E-state index in [4.69, 9.17) is 23.2 Å². The monoisotopic (exact) mass is 684 g/mol. The van der Waals surface area contributed by atoms with E-state index in [0.717, 1.165) is 29.5 Å². The van der Waals surface area contributed by atoms with Gasteiger partial charge in [-0.15, -0.1) is 0 Å². The summed E-state index contributed by atoms with van der Waals surface area (Å²) in [5.74, 6) is -0.115. The van der Waals surface area contributed by atoms with E-state index < -0.39 is 0 Å². The van der Waals surface area contributed by atoms with Gasteiger partial charge in [0.2, 0.25) is 0 Å². The highest BCUT2D eigenvalue weighted by Gasteiger charge is 2.30. The Morgan fingerprint density at radius 2 is 1.15 bits per heavy atom. The highest BCUT2D eigenvalue weighted by molar-refractivity contribution is 6.34. The van der Waals surface area contributed by atoms with E-state index in [-0.39, 0.29) is 29.3 Å². The van der Waals surface area contributed by atoms with Gasteiger partial charge in [0.05, 0.1) is 28.6 Å². The number of hydrogen-bond acceptors (Lipinski definition) is 4. The van der Waals surface area contributed by atoms with E-state index in [1.54, 1.807) is 34.1 Å². The number of rotatable bonds is 4. The van der Waals surface area contributed by atoms with Crippen LogP contribution in [0.2, 0.25) is 10.0 Å². The van der Waals surface area contributed by atoms with Gasteiger partial charge in [0.1, 0.15) is 0 Å². The molecule has 0 aromatic heterocycles. The Morgan fingerprint density at radius 3 is 1.60 bits per heavy atom. The second-order valence-electron chi connectivity index (χ2n) is 14.3. The van der Waals surface area contributed by atoms with Gasteiger partial charge in [-0.25, -0.2) is 0 Å². The lowest BCUT2D eigenvalue weighted by Gasteiger charge is -2.31. The van der Waals surface area contributed by atoms with Crippen molar-refractivity contribution in [1.29, 1.82) is 0 Å². The molecule has 0 saturated heterocycles. The molecule has 48 heavy (non-hydrogen) atoms. The maximum absolute atomic E-state index is 13.0. The Balaban J connectivity index is 0.000000188. The minimum Gasteiger partial charge on any atom is -0.392 e. The summed E-state index contributed by atoms with van der Waals surface area (Å²) in [6, 6.07) is 22.7. The van der Waals surface area contributed by atoms with Crippen molar-refractivity contribution in [2.75, 3.05) is 22.9 Å². The lowest BCUT2D eigenvalue weighted by Crippen LogP contribution is -2.38. The van der Waals surface area contributed by atoms with Crippen LogP contribution in [0.1, 0.15) is 100 Å². The predicted octanol–water partition coefficient (Wildman–Crippen LogP) is 8.99. The summed E-state index contributed by atoms with van der Waals surface area (Å²) < 4.78 is 0. The fraction of sp³-hybridized carbons (Fsp3) is 0.325. The quantitative estimate of drug-likeness (QED) is 0.218. The molecule has 0 radical (unpaired) electrons. The highest BCUT2D eigenvalue weighted by atomic mass is 35.5. The van der Waals surface area contributed by atoms with Crippen molar-refractivity contribution in [1.82, 2.24) is 0 Å². The normalized spacial score (nSPS) is 14.6. The largest absolute Gasteiger partial charge is 0.392 e. The number of anilines is 2. The van der Waals surface area contributed by atoms with Crippen molar-refractivity contribution in [3.05, 3.63) is 127 Å². The molecule has 250 valence electrons. The summed E-state index contributed by atoms with van der Waals surface area (Å²) in [4.78, 5) is 40.6. The zero-order valence-electron chi connectivity index (χ0n) is 28.4. The molecular weight excluding hydrogens is 643 g/mol. The van der Waals surface area contributed by atoms with E-state index in [1.807, 2.05) is 36.4 Å². The number of nitrogens with zero attached hydrogens (tertiary/aromatic N) is 2. The third-order valence-corrected chi connectivity index (χ3v) is 9.77. The standard InChI is InChI=1S/C20H22ClNO2.C20H20ClNO2/c2*1-20(2,3)14-7-8-15-13(11-14)9-10-22(19(15)24)18-6-4-5-17(21)16(18)12-23/h4-8,11,23H,9-10,12H2,1-3H3;4-8,11-12H,9-10H2,1-3H3. The zero-order chi connectivity index (χ0) is 35.0. The van der Waals surface area contributed by atoms with Crippen LogP contribution in [0.25, 0.3) is 0 Å². The number of aliphatic hydroxyl groups is 1. The van der Waals surface area contributed by atoms with Gasteiger partial charge in [-0.2, -0.15) is 0 Å². The maximum atomic E-state index is 13.0. The molecule has 6 rings (SSSR count). The minimum absolute atomic E-state index is 0.0336.